The molecule has 2 heterocycles. The van der Waals surface area contributed by atoms with Crippen LogP contribution < -0.4 is 10.1 Å². The van der Waals surface area contributed by atoms with Gasteiger partial charge in [-0.1, -0.05) is 42.5 Å². The molecule has 1 aliphatic heterocycles. The van der Waals surface area contributed by atoms with E-state index < -0.39 is 5.41 Å². The SMILES string of the molecule is COC(=O)C1(c2ccccc2)CCN(C(=O)c2cccnc2Nc2ccccc2OC)CC1. The molecule has 1 aromatic heterocycles. The molecule has 1 fully saturated rings. The molecule has 33 heavy (non-hydrogen) atoms. The number of benzene rings is 2. The third-order valence-corrected chi connectivity index (χ3v) is 6.20. The number of piperidine rings is 1. The Morgan fingerprint density at radius 1 is 0.939 bits per heavy atom. The maximum Gasteiger partial charge on any atom is 0.316 e. The Kier molecular flexibility index (Phi) is 6.58. The van der Waals surface area contributed by atoms with Crippen molar-refractivity contribution in [2.75, 3.05) is 32.6 Å². The Hall–Kier alpha value is -3.87. The number of hydrogen-bond acceptors (Lipinski definition) is 6. The quantitative estimate of drug-likeness (QED) is 0.574. The second-order valence-corrected chi connectivity index (χ2v) is 7.96. The molecule has 0 saturated carbocycles. The van der Waals surface area contributed by atoms with Crippen molar-refractivity contribution in [3.63, 3.8) is 0 Å². The fourth-order valence-corrected chi connectivity index (χ4v) is 4.38. The van der Waals surface area contributed by atoms with Crippen LogP contribution in [-0.2, 0) is 14.9 Å². The van der Waals surface area contributed by atoms with Crippen molar-refractivity contribution < 1.29 is 19.1 Å². The fraction of sp³-hybridized carbons (Fsp3) is 0.269. The minimum absolute atomic E-state index is 0.132. The van der Waals surface area contributed by atoms with E-state index in [9.17, 15) is 9.59 Å². The number of nitrogens with zero attached hydrogens (tertiary/aromatic N) is 2. The molecular formula is C26H27N3O4. The summed E-state index contributed by atoms with van der Waals surface area (Å²) in [6.07, 6.45) is 2.62. The highest BCUT2D eigenvalue weighted by Crippen LogP contribution is 2.37. The topological polar surface area (TPSA) is 80.8 Å². The molecule has 3 aromatic rings. The number of carbonyl (C=O) groups is 2. The largest absolute Gasteiger partial charge is 0.495 e. The summed E-state index contributed by atoms with van der Waals surface area (Å²) in [4.78, 5) is 32.4. The first-order chi connectivity index (χ1) is 16.1. The van der Waals surface area contributed by atoms with E-state index in [-0.39, 0.29) is 11.9 Å². The Bertz CT molecular complexity index is 1130. The van der Waals surface area contributed by atoms with E-state index in [1.165, 1.54) is 7.11 Å². The molecule has 170 valence electrons. The zero-order valence-corrected chi connectivity index (χ0v) is 18.8. The summed E-state index contributed by atoms with van der Waals surface area (Å²) in [5.74, 6) is 0.720. The van der Waals surface area contributed by atoms with Crippen LogP contribution in [-0.4, -0.2) is 49.1 Å². The molecule has 7 heteroatoms. The summed E-state index contributed by atoms with van der Waals surface area (Å²) in [5.41, 5.74) is 1.36. The molecule has 0 bridgehead atoms. The van der Waals surface area contributed by atoms with E-state index >= 15 is 0 Å². The number of amides is 1. The lowest BCUT2D eigenvalue weighted by molar-refractivity contribution is -0.149. The lowest BCUT2D eigenvalue weighted by Gasteiger charge is -2.40. The lowest BCUT2D eigenvalue weighted by atomic mass is 9.72. The summed E-state index contributed by atoms with van der Waals surface area (Å²) in [6, 6.07) is 20.6. The van der Waals surface area contributed by atoms with Crippen LogP contribution in [0.25, 0.3) is 0 Å². The molecule has 4 rings (SSSR count). The van der Waals surface area contributed by atoms with Gasteiger partial charge in [-0.3, -0.25) is 9.59 Å². The van der Waals surface area contributed by atoms with Gasteiger partial charge >= 0.3 is 5.97 Å². The number of hydrogen-bond donors (Lipinski definition) is 1. The van der Waals surface area contributed by atoms with Crippen molar-refractivity contribution in [1.29, 1.82) is 0 Å². The first-order valence-electron chi connectivity index (χ1n) is 10.9. The number of likely N-dealkylation sites (tertiary alicyclic amines) is 1. The van der Waals surface area contributed by atoms with Gasteiger partial charge in [-0.2, -0.15) is 0 Å². The first kappa shape index (κ1) is 22.3. The highest BCUT2D eigenvalue weighted by Gasteiger charge is 2.45. The Morgan fingerprint density at radius 2 is 1.64 bits per heavy atom. The van der Waals surface area contributed by atoms with Crippen molar-refractivity contribution in [3.8, 4) is 5.75 Å². The van der Waals surface area contributed by atoms with Crippen molar-refractivity contribution in [2.45, 2.75) is 18.3 Å². The number of ether oxygens (including phenoxy) is 2. The zero-order valence-electron chi connectivity index (χ0n) is 18.8. The third-order valence-electron chi connectivity index (χ3n) is 6.20. The van der Waals surface area contributed by atoms with Crippen molar-refractivity contribution in [3.05, 3.63) is 84.1 Å². The van der Waals surface area contributed by atoms with Crippen LogP contribution in [0.3, 0.4) is 0 Å². The molecule has 0 unspecified atom stereocenters. The second-order valence-electron chi connectivity index (χ2n) is 7.96. The molecule has 0 radical (unpaired) electrons. The van der Waals surface area contributed by atoms with Crippen LogP contribution in [0.4, 0.5) is 11.5 Å². The Labute approximate surface area is 193 Å². The molecule has 1 aliphatic rings. The highest BCUT2D eigenvalue weighted by atomic mass is 16.5. The smallest absolute Gasteiger partial charge is 0.316 e. The Balaban J connectivity index is 1.55. The van der Waals surface area contributed by atoms with Gasteiger partial charge in [-0.05, 0) is 42.7 Å². The summed E-state index contributed by atoms with van der Waals surface area (Å²) >= 11 is 0. The second kappa shape index (κ2) is 9.73. The minimum atomic E-state index is -0.750. The Morgan fingerprint density at radius 3 is 2.33 bits per heavy atom. The van der Waals surface area contributed by atoms with Crippen LogP contribution in [0.1, 0.15) is 28.8 Å². The van der Waals surface area contributed by atoms with Crippen molar-refractivity contribution in [2.24, 2.45) is 0 Å². The van der Waals surface area contributed by atoms with Crippen molar-refractivity contribution in [1.82, 2.24) is 9.88 Å². The molecule has 1 saturated heterocycles. The van der Waals surface area contributed by atoms with Crippen LogP contribution in [0, 0.1) is 0 Å². The average molecular weight is 446 g/mol. The summed E-state index contributed by atoms with van der Waals surface area (Å²) in [6.45, 7) is 0.873. The van der Waals surface area contributed by atoms with E-state index in [2.05, 4.69) is 10.3 Å². The summed E-state index contributed by atoms with van der Waals surface area (Å²) < 4.78 is 10.6. The maximum absolute atomic E-state index is 13.5. The summed E-state index contributed by atoms with van der Waals surface area (Å²) in [7, 11) is 3.01. The standard InChI is InChI=1S/C26H27N3O4/c1-32-22-13-7-6-12-21(22)28-23-20(11-8-16-27-23)24(30)29-17-14-26(15-18-29,25(31)33-2)19-9-4-3-5-10-19/h3-13,16H,14-15,17-18H2,1-2H3,(H,27,28). The zero-order chi connectivity index (χ0) is 23.3. The van der Waals surface area contributed by atoms with Gasteiger partial charge in [0.05, 0.1) is 30.9 Å². The van der Waals surface area contributed by atoms with Gasteiger partial charge in [-0.25, -0.2) is 4.98 Å². The molecule has 0 aliphatic carbocycles. The number of anilines is 2. The predicted octanol–water partition coefficient (Wildman–Crippen LogP) is 4.18. The van der Waals surface area contributed by atoms with E-state index in [4.69, 9.17) is 9.47 Å². The number of carbonyl (C=O) groups excluding carboxylic acids is 2. The van der Waals surface area contributed by atoms with Gasteiger partial charge in [0.15, 0.2) is 0 Å². The number of nitrogens with one attached hydrogen (secondary N) is 1. The molecule has 7 nitrogen and oxygen atoms in total. The van der Waals surface area contributed by atoms with E-state index in [0.717, 1.165) is 11.3 Å². The molecular weight excluding hydrogens is 418 g/mol. The van der Waals surface area contributed by atoms with E-state index in [1.54, 1.807) is 30.3 Å². The van der Waals surface area contributed by atoms with Gasteiger partial charge in [0.1, 0.15) is 11.6 Å². The lowest BCUT2D eigenvalue weighted by Crippen LogP contribution is -2.49. The molecule has 0 spiro atoms. The van der Waals surface area contributed by atoms with Crippen LogP contribution >= 0.6 is 0 Å². The van der Waals surface area contributed by atoms with E-state index in [0.29, 0.717) is 43.1 Å². The molecule has 1 N–H and O–H groups in total. The first-order valence-corrected chi connectivity index (χ1v) is 10.9. The van der Waals surface area contributed by atoms with Gasteiger partial charge in [0.2, 0.25) is 0 Å². The van der Waals surface area contributed by atoms with Gasteiger partial charge in [-0.15, -0.1) is 0 Å². The van der Waals surface area contributed by atoms with Gasteiger partial charge in [0.25, 0.3) is 5.91 Å². The number of rotatable bonds is 6. The highest BCUT2D eigenvalue weighted by molar-refractivity contribution is 5.99. The third kappa shape index (κ3) is 4.39. The minimum Gasteiger partial charge on any atom is -0.495 e. The van der Waals surface area contributed by atoms with Crippen LogP contribution in [0.5, 0.6) is 5.75 Å². The van der Waals surface area contributed by atoms with Crippen LogP contribution in [0.2, 0.25) is 0 Å². The van der Waals surface area contributed by atoms with Gasteiger partial charge in [0, 0.05) is 19.3 Å². The number of methoxy groups -OCH3 is 2. The van der Waals surface area contributed by atoms with Crippen molar-refractivity contribution >= 4 is 23.4 Å². The van der Waals surface area contributed by atoms with Gasteiger partial charge < -0.3 is 19.7 Å². The summed E-state index contributed by atoms with van der Waals surface area (Å²) in [5, 5.41) is 3.22. The van der Waals surface area contributed by atoms with Crippen LogP contribution in [0.15, 0.2) is 72.9 Å². The average Bonchev–Trinajstić information content (AvgIpc) is 2.89. The molecule has 1 amide bonds. The predicted molar refractivity (Wildman–Crippen MR) is 126 cm³/mol. The maximum atomic E-state index is 13.5. The normalized spacial score (nSPS) is 14.9. The number of esters is 1. The number of para-hydroxylation sites is 2. The monoisotopic (exact) mass is 445 g/mol. The fourth-order valence-electron chi connectivity index (χ4n) is 4.38. The number of pyridine rings is 1. The van der Waals surface area contributed by atoms with E-state index in [1.807, 2.05) is 54.6 Å². The molecule has 2 aromatic carbocycles. The number of aromatic nitrogens is 1. The molecule has 0 atom stereocenters.